The van der Waals surface area contributed by atoms with Gasteiger partial charge in [0, 0.05) is 12.6 Å². The number of hydrogen-bond donors (Lipinski definition) is 3. The lowest BCUT2D eigenvalue weighted by molar-refractivity contribution is 0.223. The molecule has 0 spiro atoms. The van der Waals surface area contributed by atoms with Crippen LogP contribution in [0.5, 0.6) is 0 Å². The van der Waals surface area contributed by atoms with Crippen LogP contribution in [0.3, 0.4) is 0 Å². The molecule has 0 bridgehead atoms. The van der Waals surface area contributed by atoms with Gasteiger partial charge in [-0.05, 0) is 32.1 Å². The van der Waals surface area contributed by atoms with Gasteiger partial charge in [-0.3, -0.25) is 0 Å². The molecule has 4 nitrogen and oxygen atoms in total. The zero-order valence-corrected chi connectivity index (χ0v) is 7.81. The monoisotopic (exact) mass is 183 g/mol. The molecule has 4 heteroatoms. The van der Waals surface area contributed by atoms with Crippen LogP contribution in [-0.4, -0.2) is 24.2 Å². The second-order valence-electron chi connectivity index (χ2n) is 4.21. The van der Waals surface area contributed by atoms with Crippen molar-refractivity contribution in [2.45, 2.75) is 43.7 Å². The van der Waals surface area contributed by atoms with Crippen molar-refractivity contribution >= 4 is 6.03 Å². The Morgan fingerprint density at radius 2 is 2.15 bits per heavy atom. The number of urea groups is 1. The van der Waals surface area contributed by atoms with E-state index in [-0.39, 0.29) is 11.6 Å². The van der Waals surface area contributed by atoms with Gasteiger partial charge >= 0.3 is 6.03 Å². The number of nitrogens with one attached hydrogen (secondary N) is 2. The van der Waals surface area contributed by atoms with E-state index in [2.05, 4.69) is 10.6 Å². The van der Waals surface area contributed by atoms with E-state index in [0.29, 0.717) is 12.6 Å². The summed E-state index contributed by atoms with van der Waals surface area (Å²) in [4.78, 5) is 11.4. The van der Waals surface area contributed by atoms with Gasteiger partial charge in [-0.2, -0.15) is 0 Å². The van der Waals surface area contributed by atoms with Gasteiger partial charge in [0.1, 0.15) is 0 Å². The Labute approximate surface area is 78.2 Å². The largest absolute Gasteiger partial charge is 0.335 e. The third-order valence-corrected chi connectivity index (χ3v) is 3.06. The van der Waals surface area contributed by atoms with E-state index >= 15 is 0 Å². The van der Waals surface area contributed by atoms with Gasteiger partial charge in [0.2, 0.25) is 0 Å². The van der Waals surface area contributed by atoms with E-state index in [1.165, 1.54) is 6.42 Å². The molecular formula is C9H17N3O. The Hall–Kier alpha value is -0.770. The van der Waals surface area contributed by atoms with E-state index in [9.17, 15) is 4.79 Å². The molecular weight excluding hydrogens is 166 g/mol. The zero-order valence-electron chi connectivity index (χ0n) is 7.81. The molecule has 0 atom stereocenters. The van der Waals surface area contributed by atoms with Crippen LogP contribution < -0.4 is 16.4 Å². The number of amides is 2. The molecule has 2 fully saturated rings. The molecule has 0 aromatic carbocycles. The topological polar surface area (TPSA) is 67.1 Å². The molecule has 0 saturated heterocycles. The van der Waals surface area contributed by atoms with Crippen molar-refractivity contribution in [1.29, 1.82) is 0 Å². The second kappa shape index (κ2) is 3.18. The highest BCUT2D eigenvalue weighted by atomic mass is 16.2. The number of carbonyl (C=O) groups is 1. The van der Waals surface area contributed by atoms with E-state index in [1.807, 2.05) is 0 Å². The first-order valence-corrected chi connectivity index (χ1v) is 5.03. The van der Waals surface area contributed by atoms with Crippen molar-refractivity contribution in [1.82, 2.24) is 10.6 Å². The summed E-state index contributed by atoms with van der Waals surface area (Å²) < 4.78 is 0. The van der Waals surface area contributed by atoms with E-state index < -0.39 is 0 Å². The van der Waals surface area contributed by atoms with Crippen molar-refractivity contribution in [3.63, 3.8) is 0 Å². The fraction of sp³-hybridized carbons (Fsp3) is 0.889. The first-order chi connectivity index (χ1) is 6.24. The minimum Gasteiger partial charge on any atom is -0.335 e. The molecule has 0 heterocycles. The molecule has 74 valence electrons. The Kier molecular flexibility index (Phi) is 2.15. The summed E-state index contributed by atoms with van der Waals surface area (Å²) in [5.74, 6) is 0. The summed E-state index contributed by atoms with van der Waals surface area (Å²) in [6, 6.07) is 0.376. The number of rotatable bonds is 3. The molecule has 0 radical (unpaired) electrons. The maximum atomic E-state index is 11.4. The fourth-order valence-electron chi connectivity index (χ4n) is 1.55. The predicted octanol–water partition coefficient (Wildman–Crippen LogP) is 0.329. The average molecular weight is 183 g/mol. The van der Waals surface area contributed by atoms with Gasteiger partial charge in [0.15, 0.2) is 0 Å². The molecule has 2 aliphatic carbocycles. The smallest absolute Gasteiger partial charge is 0.315 e. The summed E-state index contributed by atoms with van der Waals surface area (Å²) in [7, 11) is 0. The summed E-state index contributed by atoms with van der Waals surface area (Å²) in [5, 5.41) is 5.88. The number of hydrogen-bond acceptors (Lipinski definition) is 2. The highest BCUT2D eigenvalue weighted by Gasteiger charge is 2.42. The lowest BCUT2D eigenvalue weighted by Gasteiger charge is -2.27. The summed E-state index contributed by atoms with van der Waals surface area (Å²) >= 11 is 0. The molecule has 0 aliphatic heterocycles. The first-order valence-electron chi connectivity index (χ1n) is 5.03. The van der Waals surface area contributed by atoms with Gasteiger partial charge in [-0.25, -0.2) is 4.79 Å². The molecule has 13 heavy (non-hydrogen) atoms. The molecule has 0 aromatic rings. The van der Waals surface area contributed by atoms with Crippen LogP contribution in [0.2, 0.25) is 0 Å². The maximum Gasteiger partial charge on any atom is 0.315 e. The molecule has 2 amide bonds. The van der Waals surface area contributed by atoms with E-state index in [0.717, 1.165) is 25.7 Å². The van der Waals surface area contributed by atoms with Crippen LogP contribution in [0.4, 0.5) is 4.79 Å². The van der Waals surface area contributed by atoms with Gasteiger partial charge in [0.25, 0.3) is 0 Å². The zero-order chi connectivity index (χ0) is 9.31. The Morgan fingerprint density at radius 3 is 2.54 bits per heavy atom. The SMILES string of the molecule is NCC1(NC(=O)NC2CCC2)CC1. The lowest BCUT2D eigenvalue weighted by Crippen LogP contribution is -2.51. The Balaban J connectivity index is 1.71. The van der Waals surface area contributed by atoms with Crippen LogP contribution in [0.15, 0.2) is 0 Å². The van der Waals surface area contributed by atoms with Crippen molar-refractivity contribution in [3.8, 4) is 0 Å². The van der Waals surface area contributed by atoms with Crippen LogP contribution in [-0.2, 0) is 0 Å². The molecule has 2 saturated carbocycles. The third kappa shape index (κ3) is 1.94. The Bertz CT molecular complexity index is 209. The molecule has 0 aromatic heterocycles. The number of nitrogens with two attached hydrogens (primary N) is 1. The molecule has 0 unspecified atom stereocenters. The van der Waals surface area contributed by atoms with Crippen LogP contribution in [0, 0.1) is 0 Å². The summed E-state index contributed by atoms with van der Waals surface area (Å²) in [6.07, 6.45) is 5.56. The second-order valence-corrected chi connectivity index (χ2v) is 4.21. The molecule has 2 aliphatic rings. The molecule has 4 N–H and O–H groups in total. The summed E-state index contributed by atoms with van der Waals surface area (Å²) in [5.41, 5.74) is 5.49. The van der Waals surface area contributed by atoms with Gasteiger partial charge in [-0.15, -0.1) is 0 Å². The lowest BCUT2D eigenvalue weighted by atomic mass is 9.93. The highest BCUT2D eigenvalue weighted by molar-refractivity contribution is 5.75. The van der Waals surface area contributed by atoms with Crippen molar-refractivity contribution < 1.29 is 4.79 Å². The van der Waals surface area contributed by atoms with Crippen LogP contribution in [0.1, 0.15) is 32.1 Å². The third-order valence-electron chi connectivity index (χ3n) is 3.06. The van der Waals surface area contributed by atoms with Gasteiger partial charge in [-0.1, -0.05) is 0 Å². The van der Waals surface area contributed by atoms with Gasteiger partial charge < -0.3 is 16.4 Å². The standard InChI is InChI=1S/C9H17N3O/c10-6-9(4-5-9)12-8(13)11-7-2-1-3-7/h7H,1-6,10H2,(H2,11,12,13). The summed E-state index contributed by atoms with van der Waals surface area (Å²) in [6.45, 7) is 0.561. The van der Waals surface area contributed by atoms with E-state index in [4.69, 9.17) is 5.73 Å². The minimum atomic E-state index is -0.0617. The van der Waals surface area contributed by atoms with E-state index in [1.54, 1.807) is 0 Å². The quantitative estimate of drug-likeness (QED) is 0.590. The van der Waals surface area contributed by atoms with Crippen molar-refractivity contribution in [2.24, 2.45) is 5.73 Å². The van der Waals surface area contributed by atoms with Crippen LogP contribution in [0.25, 0.3) is 0 Å². The van der Waals surface area contributed by atoms with Gasteiger partial charge in [0.05, 0.1) is 5.54 Å². The van der Waals surface area contributed by atoms with Crippen LogP contribution >= 0.6 is 0 Å². The predicted molar refractivity (Wildman–Crippen MR) is 50.3 cm³/mol. The molecule has 2 rings (SSSR count). The number of carbonyl (C=O) groups excluding carboxylic acids is 1. The van der Waals surface area contributed by atoms with Crippen molar-refractivity contribution in [2.75, 3.05) is 6.54 Å². The minimum absolute atomic E-state index is 0.0346. The normalized spacial score (nSPS) is 24.7. The first kappa shape index (κ1) is 8.81. The maximum absolute atomic E-state index is 11.4. The Morgan fingerprint density at radius 1 is 1.46 bits per heavy atom. The average Bonchev–Trinajstić information content (AvgIpc) is 2.78. The highest BCUT2D eigenvalue weighted by Crippen LogP contribution is 2.33. The van der Waals surface area contributed by atoms with Crippen molar-refractivity contribution in [3.05, 3.63) is 0 Å². The fourth-order valence-corrected chi connectivity index (χ4v) is 1.55.